The Labute approximate surface area is 172 Å². The van der Waals surface area contributed by atoms with Gasteiger partial charge < -0.3 is 15.0 Å². The highest BCUT2D eigenvalue weighted by Crippen LogP contribution is 2.26. The summed E-state index contributed by atoms with van der Waals surface area (Å²) in [4.78, 5) is 19.8. The Bertz CT molecular complexity index is 902. The van der Waals surface area contributed by atoms with Gasteiger partial charge in [0.2, 0.25) is 0 Å². The zero-order valence-corrected chi connectivity index (χ0v) is 17.2. The van der Waals surface area contributed by atoms with Crippen LogP contribution in [-0.2, 0) is 17.6 Å². The third-order valence-corrected chi connectivity index (χ3v) is 4.81. The number of nitrogens with one attached hydrogen (secondary N) is 2. The number of carbonyl (C=O) groups excluding carboxylic acids is 1. The van der Waals surface area contributed by atoms with E-state index in [9.17, 15) is 4.79 Å². The number of aromatic amines is 1. The molecule has 0 aliphatic rings. The lowest BCUT2D eigenvalue weighted by molar-refractivity contribution is 0.144. The second-order valence-corrected chi connectivity index (χ2v) is 6.97. The summed E-state index contributed by atoms with van der Waals surface area (Å²) in [6.07, 6.45) is 3.04. The van der Waals surface area contributed by atoms with Crippen molar-refractivity contribution >= 4 is 6.09 Å². The van der Waals surface area contributed by atoms with Gasteiger partial charge in [-0.25, -0.2) is 9.78 Å². The quantitative estimate of drug-likeness (QED) is 0.482. The Kier molecular flexibility index (Phi) is 7.45. The van der Waals surface area contributed by atoms with E-state index in [-0.39, 0.29) is 6.09 Å². The topological polar surface area (TPSA) is 67.0 Å². The smallest absolute Gasteiger partial charge is 0.407 e. The Hall–Kier alpha value is -3.08. The Morgan fingerprint density at radius 2 is 1.69 bits per heavy atom. The molecule has 2 N–H and O–H groups in total. The minimum Gasteiger partial charge on any atom is -0.450 e. The van der Waals surface area contributed by atoms with Crippen LogP contribution < -0.4 is 5.32 Å². The molecular weight excluding hydrogens is 362 g/mol. The summed E-state index contributed by atoms with van der Waals surface area (Å²) >= 11 is 0. The number of amides is 1. The first-order chi connectivity index (χ1) is 14.2. The van der Waals surface area contributed by atoms with Crippen LogP contribution in [0.2, 0.25) is 0 Å². The van der Waals surface area contributed by atoms with Gasteiger partial charge in [-0.1, -0.05) is 74.9 Å². The summed E-state index contributed by atoms with van der Waals surface area (Å²) < 4.78 is 5.11. The fraction of sp³-hybridized carbons (Fsp3) is 0.333. The monoisotopic (exact) mass is 391 g/mol. The van der Waals surface area contributed by atoms with Gasteiger partial charge >= 0.3 is 6.09 Å². The number of benzene rings is 2. The second-order valence-electron chi connectivity index (χ2n) is 6.97. The third kappa shape index (κ3) is 5.70. The maximum absolute atomic E-state index is 11.6. The van der Waals surface area contributed by atoms with E-state index in [1.54, 1.807) is 0 Å². The lowest BCUT2D eigenvalue weighted by Crippen LogP contribution is -2.27. The van der Waals surface area contributed by atoms with E-state index in [2.05, 4.69) is 60.5 Å². The van der Waals surface area contributed by atoms with E-state index in [1.807, 2.05) is 18.2 Å². The lowest BCUT2D eigenvalue weighted by Gasteiger charge is -2.05. The fourth-order valence-corrected chi connectivity index (χ4v) is 3.17. The number of hydrogen-bond acceptors (Lipinski definition) is 3. The van der Waals surface area contributed by atoms with Gasteiger partial charge in [0.1, 0.15) is 5.82 Å². The zero-order valence-electron chi connectivity index (χ0n) is 17.2. The molecule has 1 amide bonds. The molecule has 5 nitrogen and oxygen atoms in total. The molecule has 1 heterocycles. The van der Waals surface area contributed by atoms with Gasteiger partial charge in [0.25, 0.3) is 0 Å². The molecule has 5 heteroatoms. The summed E-state index contributed by atoms with van der Waals surface area (Å²) in [6.45, 7) is 5.14. The Morgan fingerprint density at radius 1 is 1.00 bits per heavy atom. The van der Waals surface area contributed by atoms with Crippen LogP contribution in [0.5, 0.6) is 0 Å². The molecule has 0 atom stereocenters. The van der Waals surface area contributed by atoms with Crippen LogP contribution in [0.3, 0.4) is 0 Å². The molecule has 3 rings (SSSR count). The van der Waals surface area contributed by atoms with Crippen molar-refractivity contribution in [2.45, 2.75) is 39.5 Å². The molecular formula is C24H29N3O2. The molecule has 2 aromatic carbocycles. The van der Waals surface area contributed by atoms with Crippen LogP contribution in [-0.4, -0.2) is 29.2 Å². The lowest BCUT2D eigenvalue weighted by atomic mass is 10.0. The van der Waals surface area contributed by atoms with E-state index in [4.69, 9.17) is 9.72 Å². The van der Waals surface area contributed by atoms with Crippen LogP contribution >= 0.6 is 0 Å². The molecule has 0 fully saturated rings. The summed E-state index contributed by atoms with van der Waals surface area (Å²) in [5, 5.41) is 2.78. The molecule has 0 bridgehead atoms. The van der Waals surface area contributed by atoms with Gasteiger partial charge in [0.05, 0.1) is 12.3 Å². The second kappa shape index (κ2) is 10.5. The number of hydrogen-bond donors (Lipinski definition) is 2. The number of ether oxygens (including phenoxy) is 1. The molecule has 1 aromatic heterocycles. The fourth-order valence-electron chi connectivity index (χ4n) is 3.17. The normalized spacial score (nSPS) is 10.7. The first-order valence-corrected chi connectivity index (χ1v) is 10.4. The SMILES string of the molecule is CCCCOC(=O)NCCc1nc(-c2ccc(-c3ccccc3)cc2)c(CC)[nH]1. The first-order valence-electron chi connectivity index (χ1n) is 10.4. The highest BCUT2D eigenvalue weighted by molar-refractivity contribution is 5.70. The van der Waals surface area contributed by atoms with E-state index in [0.717, 1.165) is 42.0 Å². The zero-order chi connectivity index (χ0) is 20.5. The van der Waals surface area contributed by atoms with E-state index < -0.39 is 0 Å². The Balaban J connectivity index is 1.63. The number of rotatable bonds is 9. The van der Waals surface area contributed by atoms with Crippen molar-refractivity contribution in [1.82, 2.24) is 15.3 Å². The van der Waals surface area contributed by atoms with Crippen molar-refractivity contribution in [1.29, 1.82) is 0 Å². The number of unbranched alkanes of at least 4 members (excludes halogenated alkanes) is 1. The summed E-state index contributed by atoms with van der Waals surface area (Å²) in [5.41, 5.74) is 5.57. The Morgan fingerprint density at radius 3 is 2.38 bits per heavy atom. The molecule has 0 spiro atoms. The number of H-pyrrole nitrogens is 1. The minimum absolute atomic E-state index is 0.363. The van der Waals surface area contributed by atoms with Gasteiger partial charge in [-0.3, -0.25) is 0 Å². The van der Waals surface area contributed by atoms with Crippen molar-refractivity contribution < 1.29 is 9.53 Å². The molecule has 3 aromatic rings. The molecule has 0 aliphatic heterocycles. The van der Waals surface area contributed by atoms with Gasteiger partial charge in [-0.05, 0) is 24.0 Å². The molecule has 0 radical (unpaired) electrons. The maximum atomic E-state index is 11.6. The minimum atomic E-state index is -0.363. The first kappa shape index (κ1) is 20.6. The standard InChI is InChI=1S/C24H29N3O2/c1-3-5-17-29-24(28)25-16-15-22-26-21(4-2)23(27-22)20-13-11-19(12-14-20)18-9-7-6-8-10-18/h6-14H,3-5,15-17H2,1-2H3,(H,25,28)(H,26,27). The predicted octanol–water partition coefficient (Wildman–Crippen LogP) is 5.37. The highest BCUT2D eigenvalue weighted by atomic mass is 16.5. The van der Waals surface area contributed by atoms with Crippen LogP contribution in [0, 0.1) is 0 Å². The summed E-state index contributed by atoms with van der Waals surface area (Å²) in [5.74, 6) is 0.873. The average Bonchev–Trinajstić information content (AvgIpc) is 3.18. The number of alkyl carbamates (subject to hydrolysis) is 1. The van der Waals surface area contributed by atoms with Gasteiger partial charge in [0, 0.05) is 24.2 Å². The van der Waals surface area contributed by atoms with Crippen molar-refractivity contribution in [2.24, 2.45) is 0 Å². The molecule has 0 saturated heterocycles. The number of carbonyl (C=O) groups is 1. The number of imidazole rings is 1. The highest BCUT2D eigenvalue weighted by Gasteiger charge is 2.12. The molecule has 152 valence electrons. The molecule has 0 aliphatic carbocycles. The van der Waals surface area contributed by atoms with Crippen molar-refractivity contribution in [2.75, 3.05) is 13.2 Å². The molecule has 0 unspecified atom stereocenters. The summed E-state index contributed by atoms with van der Waals surface area (Å²) in [6, 6.07) is 18.8. The van der Waals surface area contributed by atoms with Crippen LogP contribution in [0.25, 0.3) is 22.4 Å². The van der Waals surface area contributed by atoms with Crippen LogP contribution in [0.4, 0.5) is 4.79 Å². The van der Waals surface area contributed by atoms with E-state index in [0.29, 0.717) is 19.6 Å². The van der Waals surface area contributed by atoms with Crippen LogP contribution in [0.15, 0.2) is 54.6 Å². The largest absolute Gasteiger partial charge is 0.450 e. The average molecular weight is 392 g/mol. The third-order valence-electron chi connectivity index (χ3n) is 4.81. The van der Waals surface area contributed by atoms with E-state index >= 15 is 0 Å². The molecule has 0 saturated carbocycles. The number of nitrogens with zero attached hydrogens (tertiary/aromatic N) is 1. The van der Waals surface area contributed by atoms with E-state index in [1.165, 1.54) is 11.1 Å². The van der Waals surface area contributed by atoms with Crippen molar-refractivity contribution in [3.63, 3.8) is 0 Å². The number of aryl methyl sites for hydroxylation is 1. The van der Waals surface area contributed by atoms with Gasteiger partial charge in [-0.2, -0.15) is 0 Å². The van der Waals surface area contributed by atoms with Gasteiger partial charge in [0.15, 0.2) is 0 Å². The molecule has 29 heavy (non-hydrogen) atoms. The summed E-state index contributed by atoms with van der Waals surface area (Å²) in [7, 11) is 0. The predicted molar refractivity (Wildman–Crippen MR) is 117 cm³/mol. The van der Waals surface area contributed by atoms with Crippen molar-refractivity contribution in [3.05, 3.63) is 66.1 Å². The van der Waals surface area contributed by atoms with Crippen LogP contribution in [0.1, 0.15) is 38.2 Å². The van der Waals surface area contributed by atoms with Crippen molar-refractivity contribution in [3.8, 4) is 22.4 Å². The van der Waals surface area contributed by atoms with Gasteiger partial charge in [-0.15, -0.1) is 0 Å². The maximum Gasteiger partial charge on any atom is 0.407 e. The number of aromatic nitrogens is 2.